The number of nitrogens with zero attached hydrogens (tertiary/aromatic N) is 1. The predicted molar refractivity (Wildman–Crippen MR) is 95.4 cm³/mol. The second kappa shape index (κ2) is 7.47. The Labute approximate surface area is 143 Å². The summed E-state index contributed by atoms with van der Waals surface area (Å²) in [5.41, 5.74) is 2.56. The van der Waals surface area contributed by atoms with Crippen LogP contribution in [-0.2, 0) is 12.8 Å². The normalized spacial score (nSPS) is 22.5. The molecule has 0 unspecified atom stereocenters. The van der Waals surface area contributed by atoms with Gasteiger partial charge in [0, 0.05) is 31.3 Å². The summed E-state index contributed by atoms with van der Waals surface area (Å²) in [5, 5.41) is 3.77. The molecule has 2 aliphatic rings. The molecular weight excluding hydrogens is 308 g/mol. The molecule has 1 aliphatic heterocycles. The molecule has 1 aromatic carbocycles. The molecular formula is C18H26N2O2S. The largest absolute Gasteiger partial charge is 0.493 e. The molecule has 1 fully saturated rings. The third kappa shape index (κ3) is 3.94. The molecule has 5 heteroatoms. The highest BCUT2D eigenvalue weighted by atomic mass is 32.2. The van der Waals surface area contributed by atoms with E-state index in [9.17, 15) is 4.79 Å². The van der Waals surface area contributed by atoms with Crippen LogP contribution in [0.5, 0.6) is 5.75 Å². The van der Waals surface area contributed by atoms with Crippen LogP contribution in [0.1, 0.15) is 30.4 Å². The van der Waals surface area contributed by atoms with E-state index in [1.54, 1.807) is 0 Å². The third-order valence-electron chi connectivity index (χ3n) is 5.00. The molecule has 23 heavy (non-hydrogen) atoms. The van der Waals surface area contributed by atoms with Crippen molar-refractivity contribution < 1.29 is 9.53 Å². The Morgan fingerprint density at radius 3 is 3.09 bits per heavy atom. The summed E-state index contributed by atoms with van der Waals surface area (Å²) in [7, 11) is 1.93. The van der Waals surface area contributed by atoms with Crippen LogP contribution in [0.15, 0.2) is 18.2 Å². The Kier molecular flexibility index (Phi) is 5.36. The standard InChI is InChI=1S/C18H26N2O2S/c1-20(15-4-5-16(12-15)23-2)18(21)19-9-7-13-3-6-17-14(11-13)8-10-22-17/h3,6,11,15-16H,4-5,7-10,12H2,1-2H3,(H,19,21)/t15-,16+/m1/s1. The number of benzene rings is 1. The number of rotatable bonds is 5. The first-order chi connectivity index (χ1) is 11.2. The zero-order valence-corrected chi connectivity index (χ0v) is 14.8. The molecule has 0 bridgehead atoms. The van der Waals surface area contributed by atoms with Crippen molar-refractivity contribution in [2.75, 3.05) is 26.5 Å². The Morgan fingerprint density at radius 2 is 2.30 bits per heavy atom. The lowest BCUT2D eigenvalue weighted by Crippen LogP contribution is -2.43. The van der Waals surface area contributed by atoms with Crippen LogP contribution in [0.25, 0.3) is 0 Å². The first-order valence-corrected chi connectivity index (χ1v) is 9.74. The highest BCUT2D eigenvalue weighted by Crippen LogP contribution is 2.31. The summed E-state index contributed by atoms with van der Waals surface area (Å²) >= 11 is 1.92. The van der Waals surface area contributed by atoms with Gasteiger partial charge in [-0.05, 0) is 49.1 Å². The van der Waals surface area contributed by atoms with Gasteiger partial charge in [0.2, 0.25) is 0 Å². The van der Waals surface area contributed by atoms with Crippen LogP contribution in [-0.4, -0.2) is 48.7 Å². The van der Waals surface area contributed by atoms with Crippen molar-refractivity contribution in [2.24, 2.45) is 0 Å². The average Bonchev–Trinajstić information content (AvgIpc) is 3.22. The number of urea groups is 1. The minimum Gasteiger partial charge on any atom is -0.493 e. The summed E-state index contributed by atoms with van der Waals surface area (Å²) < 4.78 is 5.52. The lowest BCUT2D eigenvalue weighted by atomic mass is 10.1. The summed E-state index contributed by atoms with van der Waals surface area (Å²) in [6, 6.07) is 6.80. The molecule has 0 aromatic heterocycles. The van der Waals surface area contributed by atoms with Gasteiger partial charge in [-0.15, -0.1) is 0 Å². The van der Waals surface area contributed by atoms with Crippen molar-refractivity contribution in [1.82, 2.24) is 10.2 Å². The fraction of sp³-hybridized carbons (Fsp3) is 0.611. The fourth-order valence-electron chi connectivity index (χ4n) is 3.48. The van der Waals surface area contributed by atoms with E-state index in [4.69, 9.17) is 4.74 Å². The number of thioether (sulfide) groups is 1. The van der Waals surface area contributed by atoms with E-state index in [0.29, 0.717) is 17.8 Å². The van der Waals surface area contributed by atoms with E-state index in [2.05, 4.69) is 23.7 Å². The van der Waals surface area contributed by atoms with Crippen LogP contribution in [0, 0.1) is 0 Å². The minimum absolute atomic E-state index is 0.0567. The van der Waals surface area contributed by atoms with E-state index in [-0.39, 0.29) is 6.03 Å². The topological polar surface area (TPSA) is 41.6 Å². The van der Waals surface area contributed by atoms with Crippen LogP contribution in [0.2, 0.25) is 0 Å². The molecule has 0 radical (unpaired) electrons. The van der Waals surface area contributed by atoms with Crippen molar-refractivity contribution in [3.8, 4) is 5.75 Å². The number of nitrogens with one attached hydrogen (secondary N) is 1. The van der Waals surface area contributed by atoms with Gasteiger partial charge in [-0.3, -0.25) is 0 Å². The Balaban J connectivity index is 1.44. The quantitative estimate of drug-likeness (QED) is 0.900. The van der Waals surface area contributed by atoms with Gasteiger partial charge < -0.3 is 15.0 Å². The lowest BCUT2D eigenvalue weighted by Gasteiger charge is -2.25. The zero-order chi connectivity index (χ0) is 16.2. The molecule has 1 N–H and O–H groups in total. The Morgan fingerprint density at radius 1 is 1.43 bits per heavy atom. The van der Waals surface area contributed by atoms with Crippen LogP contribution in [0.4, 0.5) is 4.79 Å². The first kappa shape index (κ1) is 16.5. The molecule has 1 aliphatic carbocycles. The number of carbonyl (C=O) groups is 1. The second-order valence-corrected chi connectivity index (χ2v) is 7.60. The second-order valence-electron chi connectivity index (χ2n) is 6.46. The molecule has 4 nitrogen and oxygen atoms in total. The zero-order valence-electron chi connectivity index (χ0n) is 14.0. The van der Waals surface area contributed by atoms with E-state index in [1.165, 1.54) is 17.5 Å². The number of hydrogen-bond acceptors (Lipinski definition) is 3. The van der Waals surface area contributed by atoms with E-state index in [1.807, 2.05) is 29.8 Å². The SMILES string of the molecule is CS[C@H]1CC[C@@H](N(C)C(=O)NCCc2ccc3c(c2)CCO3)C1. The van der Waals surface area contributed by atoms with Gasteiger partial charge in [0.15, 0.2) is 0 Å². The van der Waals surface area contributed by atoms with Crippen LogP contribution in [0.3, 0.4) is 0 Å². The van der Waals surface area contributed by atoms with Crippen molar-refractivity contribution >= 4 is 17.8 Å². The molecule has 1 saturated carbocycles. The molecule has 1 aromatic rings. The summed E-state index contributed by atoms with van der Waals surface area (Å²) in [6.45, 7) is 1.47. The molecule has 0 spiro atoms. The van der Waals surface area contributed by atoms with Gasteiger partial charge in [0.05, 0.1) is 6.61 Å². The summed E-state index contributed by atoms with van der Waals surface area (Å²) in [5.74, 6) is 1.02. The molecule has 2 amide bonds. The molecule has 0 saturated heterocycles. The Hall–Kier alpha value is -1.36. The number of amides is 2. The third-order valence-corrected chi connectivity index (χ3v) is 6.10. The highest BCUT2D eigenvalue weighted by Gasteiger charge is 2.29. The maximum absolute atomic E-state index is 12.3. The maximum atomic E-state index is 12.3. The van der Waals surface area contributed by atoms with Crippen molar-refractivity contribution in [3.05, 3.63) is 29.3 Å². The monoisotopic (exact) mass is 334 g/mol. The number of carbonyl (C=O) groups excluding carboxylic acids is 1. The van der Waals surface area contributed by atoms with Gasteiger partial charge in [0.1, 0.15) is 5.75 Å². The van der Waals surface area contributed by atoms with Gasteiger partial charge in [-0.1, -0.05) is 12.1 Å². The van der Waals surface area contributed by atoms with Gasteiger partial charge in [-0.2, -0.15) is 11.8 Å². The molecule has 2 atom stereocenters. The average molecular weight is 334 g/mol. The van der Waals surface area contributed by atoms with Gasteiger partial charge in [-0.25, -0.2) is 4.79 Å². The maximum Gasteiger partial charge on any atom is 0.317 e. The molecule has 126 valence electrons. The van der Waals surface area contributed by atoms with Gasteiger partial charge in [0.25, 0.3) is 0 Å². The molecule has 1 heterocycles. The molecule has 3 rings (SSSR count). The van der Waals surface area contributed by atoms with Crippen LogP contribution >= 0.6 is 11.8 Å². The summed E-state index contributed by atoms with van der Waals surface area (Å²) in [6.07, 6.45) is 7.49. The van der Waals surface area contributed by atoms with Crippen molar-refractivity contribution in [2.45, 2.75) is 43.4 Å². The first-order valence-electron chi connectivity index (χ1n) is 8.45. The number of hydrogen-bond donors (Lipinski definition) is 1. The predicted octanol–water partition coefficient (Wildman–Crippen LogP) is 3.09. The summed E-state index contributed by atoms with van der Waals surface area (Å²) in [4.78, 5) is 14.2. The van der Waals surface area contributed by atoms with E-state index < -0.39 is 0 Å². The number of fused-ring (bicyclic) bond motifs is 1. The van der Waals surface area contributed by atoms with E-state index in [0.717, 1.165) is 38.0 Å². The fourth-order valence-corrected chi connectivity index (χ4v) is 4.27. The highest BCUT2D eigenvalue weighted by molar-refractivity contribution is 7.99. The smallest absolute Gasteiger partial charge is 0.317 e. The van der Waals surface area contributed by atoms with Crippen LogP contribution < -0.4 is 10.1 Å². The van der Waals surface area contributed by atoms with Gasteiger partial charge >= 0.3 is 6.03 Å². The lowest BCUT2D eigenvalue weighted by molar-refractivity contribution is 0.191. The number of ether oxygens (including phenoxy) is 1. The van der Waals surface area contributed by atoms with Crippen molar-refractivity contribution in [1.29, 1.82) is 0 Å². The Bertz CT molecular complexity index is 564. The minimum atomic E-state index is 0.0567. The van der Waals surface area contributed by atoms with E-state index >= 15 is 0 Å². The van der Waals surface area contributed by atoms with Crippen molar-refractivity contribution in [3.63, 3.8) is 0 Å².